The number of carbonyl (C=O) groups is 1. The van der Waals surface area contributed by atoms with E-state index in [1.54, 1.807) is 12.1 Å². The summed E-state index contributed by atoms with van der Waals surface area (Å²) in [4.78, 5) is 23.0. The van der Waals surface area contributed by atoms with E-state index in [1.807, 2.05) is 12.1 Å². The minimum Gasteiger partial charge on any atom is -0.366 e. The number of amides is 1. The maximum absolute atomic E-state index is 11.3. The zero-order chi connectivity index (χ0) is 16.8. The second kappa shape index (κ2) is 5.56. The first kappa shape index (κ1) is 15.1. The zero-order valence-electron chi connectivity index (χ0n) is 13.7. The van der Waals surface area contributed by atoms with E-state index >= 15 is 0 Å². The van der Waals surface area contributed by atoms with Crippen LogP contribution in [0.3, 0.4) is 0 Å². The molecule has 6 heteroatoms. The molecule has 0 spiro atoms. The number of nitrogens with zero attached hydrogens (tertiary/aromatic N) is 3. The van der Waals surface area contributed by atoms with Crippen molar-refractivity contribution in [3.05, 3.63) is 41.1 Å². The van der Waals surface area contributed by atoms with Gasteiger partial charge in [0.15, 0.2) is 0 Å². The van der Waals surface area contributed by atoms with E-state index < -0.39 is 5.91 Å². The summed E-state index contributed by atoms with van der Waals surface area (Å²) in [6, 6.07) is 7.77. The number of aryl methyl sites for hydroxylation is 1. The highest BCUT2D eigenvalue weighted by Crippen LogP contribution is 2.33. The second-order valence-corrected chi connectivity index (χ2v) is 6.65. The molecule has 0 saturated carbocycles. The van der Waals surface area contributed by atoms with Crippen molar-refractivity contribution in [2.45, 2.75) is 38.3 Å². The Kier molecular flexibility index (Phi) is 3.49. The number of nitrogens with two attached hydrogens (primary N) is 2. The molecule has 1 amide bonds. The van der Waals surface area contributed by atoms with Crippen molar-refractivity contribution in [2.75, 3.05) is 11.4 Å². The lowest BCUT2D eigenvalue weighted by molar-refractivity contribution is 0.100. The third-order valence-corrected chi connectivity index (χ3v) is 5.14. The van der Waals surface area contributed by atoms with Crippen LogP contribution >= 0.6 is 0 Å². The number of benzene rings is 1. The highest BCUT2D eigenvalue weighted by Gasteiger charge is 2.35. The zero-order valence-corrected chi connectivity index (χ0v) is 13.7. The molecule has 124 valence electrons. The lowest BCUT2D eigenvalue weighted by atomic mass is 9.99. The van der Waals surface area contributed by atoms with Gasteiger partial charge in [-0.1, -0.05) is 12.1 Å². The van der Waals surface area contributed by atoms with Gasteiger partial charge in [0.05, 0.1) is 5.69 Å². The third kappa shape index (κ3) is 2.34. The number of rotatable bonds is 3. The fraction of sp³-hybridized carbons (Fsp3) is 0.389. The highest BCUT2D eigenvalue weighted by atomic mass is 16.1. The van der Waals surface area contributed by atoms with Crippen LogP contribution in [0.5, 0.6) is 0 Å². The van der Waals surface area contributed by atoms with Gasteiger partial charge in [-0.05, 0) is 38.3 Å². The van der Waals surface area contributed by atoms with Crippen LogP contribution in [0.4, 0.5) is 5.95 Å². The Bertz CT molecular complexity index is 802. The van der Waals surface area contributed by atoms with Crippen LogP contribution in [-0.2, 0) is 12.8 Å². The number of primary amides is 1. The average Bonchev–Trinajstić information content (AvgIpc) is 3.07. The van der Waals surface area contributed by atoms with Crippen molar-refractivity contribution in [2.24, 2.45) is 11.5 Å². The molecule has 0 bridgehead atoms. The number of hydrogen-bond acceptors (Lipinski definition) is 5. The van der Waals surface area contributed by atoms with Crippen LogP contribution in [0.2, 0.25) is 0 Å². The number of anilines is 1. The van der Waals surface area contributed by atoms with Crippen molar-refractivity contribution in [3.63, 3.8) is 0 Å². The molecule has 6 nitrogen and oxygen atoms in total. The van der Waals surface area contributed by atoms with Crippen LogP contribution < -0.4 is 16.4 Å². The van der Waals surface area contributed by atoms with Crippen molar-refractivity contribution < 1.29 is 4.79 Å². The summed E-state index contributed by atoms with van der Waals surface area (Å²) >= 11 is 0. The van der Waals surface area contributed by atoms with Crippen molar-refractivity contribution in [3.8, 4) is 11.3 Å². The predicted molar refractivity (Wildman–Crippen MR) is 92.8 cm³/mol. The van der Waals surface area contributed by atoms with Gasteiger partial charge in [0.2, 0.25) is 11.9 Å². The van der Waals surface area contributed by atoms with Gasteiger partial charge in [-0.15, -0.1) is 0 Å². The van der Waals surface area contributed by atoms with Crippen LogP contribution in [0.15, 0.2) is 24.3 Å². The van der Waals surface area contributed by atoms with E-state index in [0.717, 1.165) is 48.7 Å². The smallest absolute Gasteiger partial charge is 0.248 e. The quantitative estimate of drug-likeness (QED) is 0.886. The first-order valence-electron chi connectivity index (χ1n) is 8.37. The van der Waals surface area contributed by atoms with Gasteiger partial charge in [0.1, 0.15) is 0 Å². The summed E-state index contributed by atoms with van der Waals surface area (Å²) in [6.45, 7) is 2.89. The summed E-state index contributed by atoms with van der Waals surface area (Å²) in [5.74, 6) is 0.345. The molecule has 2 atom stereocenters. The molecule has 1 aromatic heterocycles. The standard InChI is InChI=1S/C18H21N5O/c1-10-14(19)9-23(10)18-21-15-4-2-3-13(15)16(22-18)11-5-7-12(8-6-11)17(20)24/h5-8,10,14H,2-4,9,19H2,1H3,(H2,20,24)/t10-,14+/m0/s1. The Hall–Kier alpha value is -2.47. The molecule has 1 saturated heterocycles. The van der Waals surface area contributed by atoms with Gasteiger partial charge in [-0.3, -0.25) is 4.79 Å². The second-order valence-electron chi connectivity index (χ2n) is 6.65. The predicted octanol–water partition coefficient (Wildman–Crippen LogP) is 1.27. The molecular weight excluding hydrogens is 302 g/mol. The fourth-order valence-corrected chi connectivity index (χ4v) is 3.48. The molecule has 1 aliphatic carbocycles. The van der Waals surface area contributed by atoms with Crippen molar-refractivity contribution in [1.82, 2.24) is 9.97 Å². The summed E-state index contributed by atoms with van der Waals surface area (Å²) in [5, 5.41) is 0. The molecule has 4 rings (SSSR count). The number of fused-ring (bicyclic) bond motifs is 1. The van der Waals surface area contributed by atoms with Gasteiger partial charge in [-0.2, -0.15) is 0 Å². The molecule has 24 heavy (non-hydrogen) atoms. The van der Waals surface area contributed by atoms with E-state index in [4.69, 9.17) is 21.4 Å². The molecular formula is C18H21N5O. The summed E-state index contributed by atoms with van der Waals surface area (Å²) in [6.07, 6.45) is 3.10. The van der Waals surface area contributed by atoms with Gasteiger partial charge < -0.3 is 16.4 Å². The van der Waals surface area contributed by atoms with E-state index in [1.165, 1.54) is 5.56 Å². The minimum atomic E-state index is -0.418. The lowest BCUT2D eigenvalue weighted by Crippen LogP contribution is -2.63. The molecule has 0 radical (unpaired) electrons. The summed E-state index contributed by atoms with van der Waals surface area (Å²) in [7, 11) is 0. The Morgan fingerprint density at radius 3 is 2.58 bits per heavy atom. The largest absolute Gasteiger partial charge is 0.366 e. The van der Waals surface area contributed by atoms with Gasteiger partial charge in [-0.25, -0.2) is 9.97 Å². The topological polar surface area (TPSA) is 98.1 Å². The number of aromatic nitrogens is 2. The van der Waals surface area contributed by atoms with E-state index in [-0.39, 0.29) is 12.1 Å². The minimum absolute atomic E-state index is 0.181. The fourth-order valence-electron chi connectivity index (χ4n) is 3.48. The third-order valence-electron chi connectivity index (χ3n) is 5.14. The van der Waals surface area contributed by atoms with Gasteiger partial charge in [0, 0.05) is 41.0 Å². The number of carbonyl (C=O) groups excluding carboxylic acids is 1. The van der Waals surface area contributed by atoms with Crippen LogP contribution in [-0.4, -0.2) is 34.5 Å². The highest BCUT2D eigenvalue weighted by molar-refractivity contribution is 5.93. The Morgan fingerprint density at radius 2 is 1.96 bits per heavy atom. The van der Waals surface area contributed by atoms with Crippen molar-refractivity contribution >= 4 is 11.9 Å². The first-order valence-corrected chi connectivity index (χ1v) is 8.37. The molecule has 0 unspecified atom stereocenters. The molecule has 1 aliphatic heterocycles. The average molecular weight is 323 g/mol. The first-order chi connectivity index (χ1) is 11.5. The maximum Gasteiger partial charge on any atom is 0.248 e. The monoisotopic (exact) mass is 323 g/mol. The maximum atomic E-state index is 11.3. The van der Waals surface area contributed by atoms with E-state index in [0.29, 0.717) is 5.56 Å². The molecule has 4 N–H and O–H groups in total. The molecule has 2 aliphatic rings. The Labute approximate surface area is 140 Å². The normalized spacial score (nSPS) is 22.2. The summed E-state index contributed by atoms with van der Waals surface area (Å²) < 4.78 is 0. The van der Waals surface area contributed by atoms with Crippen LogP contribution in [0.25, 0.3) is 11.3 Å². The Balaban J connectivity index is 1.77. The number of hydrogen-bond donors (Lipinski definition) is 2. The molecule has 2 aromatic rings. The van der Waals surface area contributed by atoms with Gasteiger partial charge in [0.25, 0.3) is 0 Å². The van der Waals surface area contributed by atoms with Crippen LogP contribution in [0.1, 0.15) is 35.0 Å². The van der Waals surface area contributed by atoms with E-state index in [9.17, 15) is 4.79 Å². The molecule has 2 heterocycles. The van der Waals surface area contributed by atoms with Crippen molar-refractivity contribution in [1.29, 1.82) is 0 Å². The lowest BCUT2D eigenvalue weighted by Gasteiger charge is -2.44. The SMILES string of the molecule is C[C@H]1[C@H](N)CN1c1nc2c(c(-c3ccc(C(N)=O)cc3)n1)CCC2. The van der Waals surface area contributed by atoms with Crippen LogP contribution in [0, 0.1) is 0 Å². The molecule has 1 aromatic carbocycles. The Morgan fingerprint density at radius 1 is 1.21 bits per heavy atom. The van der Waals surface area contributed by atoms with Gasteiger partial charge >= 0.3 is 0 Å². The summed E-state index contributed by atoms with van der Waals surface area (Å²) in [5.41, 5.74) is 16.2. The van der Waals surface area contributed by atoms with E-state index in [2.05, 4.69) is 11.8 Å². The molecule has 1 fully saturated rings.